The fourth-order valence-electron chi connectivity index (χ4n) is 2.71. The maximum absolute atomic E-state index is 13.0. The zero-order valence-corrected chi connectivity index (χ0v) is 15.0. The van der Waals surface area contributed by atoms with E-state index < -0.39 is 14.9 Å². The van der Waals surface area contributed by atoms with Crippen molar-refractivity contribution in [3.63, 3.8) is 0 Å². The molecule has 0 radical (unpaired) electrons. The molecule has 0 aliphatic carbocycles. The topological polar surface area (TPSA) is 93.0 Å². The van der Waals surface area contributed by atoms with Gasteiger partial charge in [0.05, 0.1) is 23.8 Å². The van der Waals surface area contributed by atoms with Crippen molar-refractivity contribution in [2.24, 2.45) is 5.92 Å². The summed E-state index contributed by atoms with van der Waals surface area (Å²) in [5.41, 5.74) is 0.240. The lowest BCUT2D eigenvalue weighted by Crippen LogP contribution is -2.41. The molecule has 0 aromatic heterocycles. The third-order valence-electron chi connectivity index (χ3n) is 3.79. The Morgan fingerprint density at radius 1 is 1.33 bits per heavy atom. The van der Waals surface area contributed by atoms with Crippen molar-refractivity contribution in [1.82, 2.24) is 4.31 Å². The van der Waals surface area contributed by atoms with Crippen LogP contribution >= 0.6 is 0 Å². The highest BCUT2D eigenvalue weighted by Crippen LogP contribution is 2.31. The van der Waals surface area contributed by atoms with Crippen LogP contribution in [0.2, 0.25) is 0 Å². The largest absolute Gasteiger partial charge is 0.379 e. The Kier molecular flexibility index (Phi) is 5.79. The number of hydrogen-bond donors (Lipinski definition) is 0. The molecule has 134 valence electrons. The summed E-state index contributed by atoms with van der Waals surface area (Å²) in [7, 11) is -2.03. The monoisotopic (exact) mass is 357 g/mol. The molecular weight excluding hydrogens is 334 g/mol. The highest BCUT2D eigenvalue weighted by molar-refractivity contribution is 7.89. The van der Waals surface area contributed by atoms with Gasteiger partial charge in [0, 0.05) is 38.8 Å². The summed E-state index contributed by atoms with van der Waals surface area (Å²) in [5, 5.41) is 11.1. The van der Waals surface area contributed by atoms with E-state index in [-0.39, 0.29) is 23.7 Å². The Morgan fingerprint density at radius 3 is 2.50 bits per heavy atom. The Balaban J connectivity index is 2.51. The fourth-order valence-corrected chi connectivity index (χ4v) is 4.38. The maximum Gasteiger partial charge on any atom is 0.270 e. The second kappa shape index (κ2) is 7.45. The van der Waals surface area contributed by atoms with Gasteiger partial charge in [0.25, 0.3) is 5.69 Å². The van der Waals surface area contributed by atoms with Gasteiger partial charge in [0.2, 0.25) is 10.0 Å². The van der Waals surface area contributed by atoms with Crippen LogP contribution in [0.5, 0.6) is 0 Å². The molecular formula is C15H23N3O5S. The zero-order chi connectivity index (χ0) is 17.9. The summed E-state index contributed by atoms with van der Waals surface area (Å²) in [6.07, 6.45) is 0. The Hall–Kier alpha value is -1.71. The van der Waals surface area contributed by atoms with Gasteiger partial charge in [-0.3, -0.25) is 10.1 Å². The first-order valence-corrected chi connectivity index (χ1v) is 9.25. The molecule has 0 N–H and O–H groups in total. The lowest BCUT2D eigenvalue weighted by Gasteiger charge is -2.29. The number of nitro benzene ring substituents is 1. The van der Waals surface area contributed by atoms with Crippen molar-refractivity contribution in [1.29, 1.82) is 0 Å². The molecule has 0 unspecified atom stereocenters. The third-order valence-corrected chi connectivity index (χ3v) is 5.72. The molecule has 2 rings (SSSR count). The number of anilines is 1. The van der Waals surface area contributed by atoms with E-state index in [2.05, 4.69) is 0 Å². The van der Waals surface area contributed by atoms with Crippen LogP contribution in [0.15, 0.2) is 23.1 Å². The minimum absolute atomic E-state index is 0.0262. The number of sulfonamides is 1. The lowest BCUT2D eigenvalue weighted by molar-refractivity contribution is -0.385. The quantitative estimate of drug-likeness (QED) is 0.568. The predicted molar refractivity (Wildman–Crippen MR) is 90.8 cm³/mol. The number of hydrogen-bond acceptors (Lipinski definition) is 6. The van der Waals surface area contributed by atoms with E-state index >= 15 is 0 Å². The molecule has 1 aromatic rings. The van der Waals surface area contributed by atoms with Gasteiger partial charge in [0.15, 0.2) is 0 Å². The molecule has 1 saturated heterocycles. The molecule has 24 heavy (non-hydrogen) atoms. The lowest BCUT2D eigenvalue weighted by atomic mass is 10.2. The summed E-state index contributed by atoms with van der Waals surface area (Å²) in [4.78, 5) is 12.3. The van der Waals surface area contributed by atoms with Crippen molar-refractivity contribution in [3.05, 3.63) is 28.3 Å². The molecule has 9 heteroatoms. The number of non-ortho nitro benzene ring substituents is 1. The van der Waals surface area contributed by atoms with Crippen molar-refractivity contribution >= 4 is 21.4 Å². The Labute approximate surface area is 142 Å². The van der Waals surface area contributed by atoms with Crippen LogP contribution in [0, 0.1) is 16.0 Å². The highest BCUT2D eigenvalue weighted by Gasteiger charge is 2.31. The minimum Gasteiger partial charge on any atom is -0.379 e. The maximum atomic E-state index is 13.0. The van der Waals surface area contributed by atoms with E-state index in [1.54, 1.807) is 7.05 Å². The first-order chi connectivity index (χ1) is 11.2. The molecule has 1 aliphatic heterocycles. The summed E-state index contributed by atoms with van der Waals surface area (Å²) in [6, 6.07) is 4.00. The number of benzene rings is 1. The SMILES string of the molecule is CC(C)CN(C)c1ccc([N+](=O)[O-])cc1S(=O)(=O)N1CCOCC1. The van der Waals surface area contributed by atoms with Crippen LogP contribution in [0.25, 0.3) is 0 Å². The van der Waals surface area contributed by atoms with Gasteiger partial charge >= 0.3 is 0 Å². The van der Waals surface area contributed by atoms with E-state index in [0.717, 1.165) is 6.07 Å². The van der Waals surface area contributed by atoms with Crippen LogP contribution in [-0.2, 0) is 14.8 Å². The Morgan fingerprint density at radius 2 is 1.96 bits per heavy atom. The van der Waals surface area contributed by atoms with Crippen LogP contribution in [0.4, 0.5) is 11.4 Å². The van der Waals surface area contributed by atoms with Gasteiger partial charge in [-0.25, -0.2) is 8.42 Å². The molecule has 1 heterocycles. The van der Waals surface area contributed by atoms with Crippen molar-refractivity contribution in [3.8, 4) is 0 Å². The molecule has 0 saturated carbocycles. The number of ether oxygens (including phenoxy) is 1. The van der Waals surface area contributed by atoms with E-state index in [1.165, 1.54) is 16.4 Å². The second-order valence-electron chi connectivity index (χ2n) is 6.20. The number of rotatable bonds is 6. The molecule has 0 bridgehead atoms. The molecule has 0 amide bonds. The number of morpholine rings is 1. The molecule has 1 aliphatic rings. The number of nitrogens with zero attached hydrogens (tertiary/aromatic N) is 3. The fraction of sp³-hybridized carbons (Fsp3) is 0.600. The Bertz CT molecular complexity index is 699. The minimum atomic E-state index is -3.82. The molecule has 8 nitrogen and oxygen atoms in total. The first kappa shape index (κ1) is 18.6. The van der Waals surface area contributed by atoms with Crippen LogP contribution in [-0.4, -0.2) is 57.5 Å². The van der Waals surface area contributed by atoms with Crippen molar-refractivity contribution < 1.29 is 18.1 Å². The summed E-state index contributed by atoms with van der Waals surface area (Å²) < 4.78 is 32.5. The highest BCUT2D eigenvalue weighted by atomic mass is 32.2. The molecule has 0 spiro atoms. The average molecular weight is 357 g/mol. The summed E-state index contributed by atoms with van der Waals surface area (Å²) in [5.74, 6) is 0.323. The predicted octanol–water partition coefficient (Wildman–Crippen LogP) is 1.71. The van der Waals surface area contributed by atoms with Gasteiger partial charge < -0.3 is 9.64 Å². The van der Waals surface area contributed by atoms with Crippen LogP contribution < -0.4 is 4.90 Å². The summed E-state index contributed by atoms with van der Waals surface area (Å²) in [6.45, 7) is 5.84. The van der Waals surface area contributed by atoms with Gasteiger partial charge in [0.1, 0.15) is 4.90 Å². The van der Waals surface area contributed by atoms with Gasteiger partial charge in [-0.05, 0) is 12.0 Å². The molecule has 1 fully saturated rings. The molecule has 0 atom stereocenters. The third kappa shape index (κ3) is 4.03. The second-order valence-corrected chi connectivity index (χ2v) is 8.11. The van der Waals surface area contributed by atoms with Gasteiger partial charge in [-0.1, -0.05) is 13.8 Å². The van der Waals surface area contributed by atoms with E-state index in [4.69, 9.17) is 4.74 Å². The van der Waals surface area contributed by atoms with Crippen LogP contribution in [0.3, 0.4) is 0 Å². The first-order valence-electron chi connectivity index (χ1n) is 7.81. The number of nitro groups is 1. The van der Waals surface area contributed by atoms with Gasteiger partial charge in [-0.15, -0.1) is 0 Å². The van der Waals surface area contributed by atoms with Crippen LogP contribution in [0.1, 0.15) is 13.8 Å². The smallest absolute Gasteiger partial charge is 0.270 e. The van der Waals surface area contributed by atoms with Crippen molar-refractivity contribution in [2.75, 3.05) is 44.8 Å². The normalized spacial score (nSPS) is 16.3. The van der Waals surface area contributed by atoms with Crippen molar-refractivity contribution in [2.45, 2.75) is 18.7 Å². The van der Waals surface area contributed by atoms with E-state index in [9.17, 15) is 18.5 Å². The standard InChI is InChI=1S/C15H23N3O5S/c1-12(2)11-16(3)14-5-4-13(18(19)20)10-15(14)24(21,22)17-6-8-23-9-7-17/h4-5,10,12H,6-9,11H2,1-3H3. The van der Waals surface area contributed by atoms with E-state index in [0.29, 0.717) is 31.4 Å². The molecule has 1 aromatic carbocycles. The zero-order valence-electron chi connectivity index (χ0n) is 14.1. The van der Waals surface area contributed by atoms with E-state index in [1.807, 2.05) is 18.7 Å². The van der Waals surface area contributed by atoms with Gasteiger partial charge in [-0.2, -0.15) is 4.31 Å². The summed E-state index contributed by atoms with van der Waals surface area (Å²) >= 11 is 0. The average Bonchev–Trinajstić information content (AvgIpc) is 2.54.